The van der Waals surface area contributed by atoms with E-state index in [4.69, 9.17) is 14.2 Å². The molecule has 0 amide bonds. The fourth-order valence-corrected chi connectivity index (χ4v) is 2.75. The number of hydrogen-bond acceptors (Lipinski definition) is 5. The van der Waals surface area contributed by atoms with Gasteiger partial charge in [0.25, 0.3) is 0 Å². The number of esters is 1. The zero-order valence-corrected chi connectivity index (χ0v) is 12.6. The lowest BCUT2D eigenvalue weighted by molar-refractivity contribution is 0.00945. The summed E-state index contributed by atoms with van der Waals surface area (Å²) in [6.45, 7) is 8.83. The van der Waals surface area contributed by atoms with Gasteiger partial charge >= 0.3 is 5.97 Å². The summed E-state index contributed by atoms with van der Waals surface area (Å²) in [5, 5.41) is 0. The van der Waals surface area contributed by atoms with Crippen LogP contribution in [-0.2, 0) is 15.1 Å². The number of rotatable bonds is 4. The number of cyclic esters (lactones) is 1. The number of hydrogen-bond donors (Lipinski definition) is 0. The molecule has 0 radical (unpaired) electrons. The number of carbonyl (C=O) groups excluding carboxylic acids is 1. The van der Waals surface area contributed by atoms with Crippen LogP contribution in [0.15, 0.2) is 18.2 Å². The second-order valence-corrected chi connectivity index (χ2v) is 5.91. The standard InChI is InChI=1S/C16H21NO4/c1-16(2)14-11-12(3-4-13(14)15(18)21-16)20-10-7-17-5-8-19-9-6-17/h3-4,11H,5-10H2,1-2H3. The van der Waals surface area contributed by atoms with Gasteiger partial charge in [0.15, 0.2) is 0 Å². The molecule has 0 aromatic heterocycles. The number of ether oxygens (including phenoxy) is 3. The van der Waals surface area contributed by atoms with Crippen LogP contribution in [0.5, 0.6) is 5.75 Å². The van der Waals surface area contributed by atoms with Gasteiger partial charge in [0.05, 0.1) is 18.8 Å². The first-order valence-electron chi connectivity index (χ1n) is 7.37. The Kier molecular flexibility index (Phi) is 3.87. The average Bonchev–Trinajstić information content (AvgIpc) is 2.70. The third-order valence-electron chi connectivity index (χ3n) is 3.99. The van der Waals surface area contributed by atoms with Crippen molar-refractivity contribution >= 4 is 5.97 Å². The Labute approximate surface area is 124 Å². The molecule has 21 heavy (non-hydrogen) atoms. The average molecular weight is 291 g/mol. The largest absolute Gasteiger partial charge is 0.492 e. The van der Waals surface area contributed by atoms with E-state index in [1.807, 2.05) is 26.0 Å². The summed E-state index contributed by atoms with van der Waals surface area (Å²) >= 11 is 0. The number of benzene rings is 1. The zero-order valence-electron chi connectivity index (χ0n) is 12.6. The Morgan fingerprint density at radius 2 is 2.05 bits per heavy atom. The summed E-state index contributed by atoms with van der Waals surface area (Å²) in [5.74, 6) is 0.531. The Morgan fingerprint density at radius 1 is 1.29 bits per heavy atom. The van der Waals surface area contributed by atoms with Crippen molar-refractivity contribution in [1.82, 2.24) is 4.90 Å². The highest BCUT2D eigenvalue weighted by atomic mass is 16.6. The fraction of sp³-hybridized carbons (Fsp3) is 0.562. The normalized spacial score (nSPS) is 21.0. The molecule has 0 atom stereocenters. The fourth-order valence-electron chi connectivity index (χ4n) is 2.75. The first-order chi connectivity index (χ1) is 10.1. The molecule has 2 aliphatic heterocycles. The molecule has 3 rings (SSSR count). The Bertz CT molecular complexity index is 535. The number of fused-ring (bicyclic) bond motifs is 1. The minimum absolute atomic E-state index is 0.255. The van der Waals surface area contributed by atoms with Crippen molar-refractivity contribution in [2.45, 2.75) is 19.4 Å². The van der Waals surface area contributed by atoms with E-state index in [9.17, 15) is 4.79 Å². The maximum absolute atomic E-state index is 11.7. The van der Waals surface area contributed by atoms with Crippen molar-refractivity contribution < 1.29 is 19.0 Å². The first-order valence-corrected chi connectivity index (χ1v) is 7.37. The molecular formula is C16H21NO4. The lowest BCUT2D eigenvalue weighted by Crippen LogP contribution is -2.38. The van der Waals surface area contributed by atoms with Gasteiger partial charge in [0, 0.05) is 25.2 Å². The van der Waals surface area contributed by atoms with E-state index in [2.05, 4.69) is 4.90 Å². The summed E-state index contributed by atoms with van der Waals surface area (Å²) < 4.78 is 16.5. The molecule has 0 N–H and O–H groups in total. The molecule has 1 saturated heterocycles. The van der Waals surface area contributed by atoms with Crippen molar-refractivity contribution in [2.75, 3.05) is 39.5 Å². The molecule has 1 aromatic carbocycles. The van der Waals surface area contributed by atoms with Gasteiger partial charge in [0.1, 0.15) is 18.0 Å². The number of carbonyl (C=O) groups is 1. The summed E-state index contributed by atoms with van der Waals surface area (Å²) in [4.78, 5) is 14.1. The molecule has 1 fully saturated rings. The SMILES string of the molecule is CC1(C)OC(=O)c2ccc(OCCN3CCOCC3)cc21. The molecule has 0 bridgehead atoms. The Morgan fingerprint density at radius 3 is 2.81 bits per heavy atom. The Balaban J connectivity index is 1.61. The highest BCUT2D eigenvalue weighted by Gasteiger charge is 2.37. The van der Waals surface area contributed by atoms with Crippen LogP contribution in [0.3, 0.4) is 0 Å². The predicted molar refractivity (Wildman–Crippen MR) is 77.6 cm³/mol. The van der Waals surface area contributed by atoms with Crippen molar-refractivity contribution in [3.8, 4) is 5.75 Å². The molecule has 5 heteroatoms. The number of morpholine rings is 1. The Hall–Kier alpha value is -1.59. The molecule has 2 aliphatic rings. The molecule has 0 aliphatic carbocycles. The quantitative estimate of drug-likeness (QED) is 0.792. The van der Waals surface area contributed by atoms with Gasteiger partial charge < -0.3 is 14.2 Å². The second-order valence-electron chi connectivity index (χ2n) is 5.91. The van der Waals surface area contributed by atoms with E-state index >= 15 is 0 Å². The van der Waals surface area contributed by atoms with Crippen LogP contribution in [0.25, 0.3) is 0 Å². The molecule has 0 spiro atoms. The molecule has 114 valence electrons. The molecule has 0 unspecified atom stereocenters. The minimum atomic E-state index is -0.573. The van der Waals surface area contributed by atoms with Gasteiger partial charge in [-0.15, -0.1) is 0 Å². The molecule has 5 nitrogen and oxygen atoms in total. The van der Waals surface area contributed by atoms with Gasteiger partial charge in [-0.1, -0.05) is 0 Å². The lowest BCUT2D eigenvalue weighted by Gasteiger charge is -2.26. The van der Waals surface area contributed by atoms with Crippen LogP contribution in [0.2, 0.25) is 0 Å². The third kappa shape index (κ3) is 3.04. The summed E-state index contributed by atoms with van der Waals surface area (Å²) in [5.41, 5.74) is 0.965. The van der Waals surface area contributed by atoms with Crippen LogP contribution in [0.4, 0.5) is 0 Å². The smallest absolute Gasteiger partial charge is 0.339 e. The van der Waals surface area contributed by atoms with Gasteiger partial charge in [-0.2, -0.15) is 0 Å². The van der Waals surface area contributed by atoms with E-state index < -0.39 is 5.60 Å². The van der Waals surface area contributed by atoms with E-state index in [1.54, 1.807) is 6.07 Å². The second kappa shape index (κ2) is 5.66. The third-order valence-corrected chi connectivity index (χ3v) is 3.99. The van der Waals surface area contributed by atoms with Gasteiger partial charge in [0.2, 0.25) is 0 Å². The maximum atomic E-state index is 11.7. The monoisotopic (exact) mass is 291 g/mol. The molecule has 1 aromatic rings. The predicted octanol–water partition coefficient (Wildman–Crippen LogP) is 1.80. The van der Waals surface area contributed by atoms with Crippen LogP contribution < -0.4 is 4.74 Å². The summed E-state index contributed by atoms with van der Waals surface area (Å²) in [6, 6.07) is 5.54. The zero-order chi connectivity index (χ0) is 14.9. The van der Waals surface area contributed by atoms with Crippen LogP contribution >= 0.6 is 0 Å². The van der Waals surface area contributed by atoms with E-state index in [0.717, 1.165) is 44.2 Å². The van der Waals surface area contributed by atoms with Crippen molar-refractivity contribution in [2.24, 2.45) is 0 Å². The van der Waals surface area contributed by atoms with Crippen molar-refractivity contribution in [3.63, 3.8) is 0 Å². The maximum Gasteiger partial charge on any atom is 0.339 e. The highest BCUT2D eigenvalue weighted by Crippen LogP contribution is 2.37. The molecule has 2 heterocycles. The highest BCUT2D eigenvalue weighted by molar-refractivity contribution is 5.94. The van der Waals surface area contributed by atoms with E-state index in [-0.39, 0.29) is 5.97 Å². The van der Waals surface area contributed by atoms with E-state index in [0.29, 0.717) is 12.2 Å². The molecular weight excluding hydrogens is 270 g/mol. The topological polar surface area (TPSA) is 48.0 Å². The minimum Gasteiger partial charge on any atom is -0.492 e. The van der Waals surface area contributed by atoms with Gasteiger partial charge in [-0.25, -0.2) is 4.79 Å². The molecule has 0 saturated carbocycles. The van der Waals surface area contributed by atoms with Crippen LogP contribution in [0, 0.1) is 0 Å². The summed E-state index contributed by atoms with van der Waals surface area (Å²) in [7, 11) is 0. The summed E-state index contributed by atoms with van der Waals surface area (Å²) in [6.07, 6.45) is 0. The van der Waals surface area contributed by atoms with Crippen molar-refractivity contribution in [1.29, 1.82) is 0 Å². The van der Waals surface area contributed by atoms with E-state index in [1.165, 1.54) is 0 Å². The van der Waals surface area contributed by atoms with Crippen LogP contribution in [-0.4, -0.2) is 50.3 Å². The lowest BCUT2D eigenvalue weighted by atomic mass is 9.96. The van der Waals surface area contributed by atoms with Gasteiger partial charge in [-0.05, 0) is 32.0 Å². The van der Waals surface area contributed by atoms with Crippen LogP contribution in [0.1, 0.15) is 29.8 Å². The van der Waals surface area contributed by atoms with Gasteiger partial charge in [-0.3, -0.25) is 4.90 Å². The first kappa shape index (κ1) is 14.4. The number of nitrogens with zero attached hydrogens (tertiary/aromatic N) is 1. The van der Waals surface area contributed by atoms with Crippen molar-refractivity contribution in [3.05, 3.63) is 29.3 Å².